The van der Waals surface area contributed by atoms with E-state index in [1.165, 1.54) is 90.1 Å². The van der Waals surface area contributed by atoms with Gasteiger partial charge < -0.3 is 44.0 Å². The van der Waals surface area contributed by atoms with Gasteiger partial charge in [-0.2, -0.15) is 0 Å². The van der Waals surface area contributed by atoms with Crippen molar-refractivity contribution in [3.8, 4) is 0 Å². The molecule has 8 rings (SSSR count). The van der Waals surface area contributed by atoms with Crippen LogP contribution in [-0.4, -0.2) is 111 Å². The van der Waals surface area contributed by atoms with Crippen LogP contribution in [0.1, 0.15) is 106 Å². The number of fused-ring (bicyclic) bond motifs is 5. The van der Waals surface area contributed by atoms with Gasteiger partial charge in [0.2, 0.25) is 6.10 Å². The van der Waals surface area contributed by atoms with E-state index in [1.807, 2.05) is 0 Å². The minimum absolute atomic E-state index is 0.0137. The van der Waals surface area contributed by atoms with Gasteiger partial charge >= 0.3 is 29.8 Å². The first-order chi connectivity index (χ1) is 35.8. The Bertz CT molecular complexity index is 3000. The zero-order valence-electron chi connectivity index (χ0n) is 43.2. The zero-order valence-corrected chi connectivity index (χ0v) is 43.2. The number of nitro groups is 1. The molecule has 1 heterocycles. The molecule has 11 atom stereocenters. The van der Waals surface area contributed by atoms with Crippen LogP contribution in [0.15, 0.2) is 126 Å². The summed E-state index contributed by atoms with van der Waals surface area (Å²) in [6.45, 7) is 10.4. The molecule has 0 spiro atoms. The number of hydrogen-bond donors (Lipinski definition) is 3. The Balaban J connectivity index is 1.32. The van der Waals surface area contributed by atoms with Gasteiger partial charge in [0.15, 0.2) is 17.5 Å². The Morgan fingerprint density at radius 3 is 1.96 bits per heavy atom. The van der Waals surface area contributed by atoms with Gasteiger partial charge in [0.25, 0.3) is 11.6 Å². The fourth-order valence-corrected chi connectivity index (χ4v) is 11.8. The Hall–Kier alpha value is -7.61. The van der Waals surface area contributed by atoms with Crippen molar-refractivity contribution in [2.24, 2.45) is 16.7 Å². The third-order valence-electron chi connectivity index (χ3n) is 16.0. The van der Waals surface area contributed by atoms with E-state index in [2.05, 4.69) is 5.32 Å². The highest BCUT2D eigenvalue weighted by molar-refractivity contribution is 5.97. The first kappa shape index (κ1) is 54.6. The summed E-state index contributed by atoms with van der Waals surface area (Å²) < 4.78 is 37.1. The summed E-state index contributed by atoms with van der Waals surface area (Å²) in [5.74, 6) is -8.55. The van der Waals surface area contributed by atoms with Gasteiger partial charge in [-0.25, -0.2) is 9.59 Å². The van der Waals surface area contributed by atoms with Crippen LogP contribution in [-0.2, 0) is 57.8 Å². The predicted octanol–water partition coefficient (Wildman–Crippen LogP) is 6.17. The number of aliphatic hydroxyl groups is 2. The Kier molecular flexibility index (Phi) is 14.7. The number of carbonyl (C=O) groups is 7. The third kappa shape index (κ3) is 9.33. The quantitative estimate of drug-likeness (QED) is 0.0419. The fourth-order valence-electron chi connectivity index (χ4n) is 11.8. The van der Waals surface area contributed by atoms with Crippen LogP contribution < -0.4 is 5.32 Å². The lowest BCUT2D eigenvalue weighted by atomic mass is 9.44. The molecule has 3 aliphatic carbocycles. The number of hydrogen-bond acceptors (Lipinski definition) is 17. The van der Waals surface area contributed by atoms with Gasteiger partial charge in [0.05, 0.1) is 39.9 Å². The van der Waals surface area contributed by atoms with Crippen molar-refractivity contribution in [3.05, 3.63) is 159 Å². The number of nitro benzene ring substituents is 1. The maximum Gasteiger partial charge on any atom is 0.350 e. The number of aliphatic hydroxyl groups excluding tert-OH is 1. The maximum atomic E-state index is 15.8. The summed E-state index contributed by atoms with van der Waals surface area (Å²) in [6, 6.07) is 27.6. The lowest BCUT2D eigenvalue weighted by Gasteiger charge is -2.67. The molecule has 0 radical (unpaired) electrons. The van der Waals surface area contributed by atoms with E-state index < -0.39 is 135 Å². The van der Waals surface area contributed by atoms with Crippen molar-refractivity contribution in [1.82, 2.24) is 5.32 Å². The van der Waals surface area contributed by atoms with E-state index in [0.29, 0.717) is 0 Å². The topological polar surface area (TPSA) is 270 Å². The largest absolute Gasteiger partial charge is 0.455 e. The molecule has 3 fully saturated rings. The number of para-hydroxylation sites is 1. The van der Waals surface area contributed by atoms with Crippen molar-refractivity contribution in [1.29, 1.82) is 0 Å². The van der Waals surface area contributed by atoms with Crippen molar-refractivity contribution >= 4 is 47.2 Å². The number of ketones is 1. The summed E-state index contributed by atoms with van der Waals surface area (Å²) in [5, 5.41) is 41.4. The second kappa shape index (κ2) is 20.5. The number of nitrogens with zero attached hydrogens (tertiary/aromatic N) is 1. The lowest BCUT2D eigenvalue weighted by Crippen LogP contribution is -2.82. The lowest BCUT2D eigenvalue weighted by molar-refractivity contribution is -0.386. The van der Waals surface area contributed by atoms with Gasteiger partial charge in [-0.15, -0.1) is 0 Å². The minimum Gasteiger partial charge on any atom is -0.455 e. The third-order valence-corrected chi connectivity index (χ3v) is 16.0. The monoisotopic (exact) mass is 1040 g/mol. The number of Topliss-reactive ketones (excluding diaryl/α,β-unsaturated/α-hetero) is 1. The first-order valence-electron chi connectivity index (χ1n) is 24.8. The van der Waals surface area contributed by atoms with Crippen molar-refractivity contribution in [3.63, 3.8) is 0 Å². The molecular formula is C57H60N2O17. The molecule has 19 heteroatoms. The molecule has 19 nitrogen and oxygen atoms in total. The number of nitrogens with one attached hydrogen (secondary N) is 1. The molecule has 76 heavy (non-hydrogen) atoms. The molecule has 2 saturated carbocycles. The average molecular weight is 1050 g/mol. The first-order valence-corrected chi connectivity index (χ1v) is 24.8. The van der Waals surface area contributed by atoms with Crippen LogP contribution in [0.4, 0.5) is 5.69 Å². The summed E-state index contributed by atoms with van der Waals surface area (Å²) >= 11 is 0. The molecule has 4 aromatic rings. The number of ether oxygens (including phenoxy) is 6. The SMILES string of the molecule is CC(=O)O[C@H]1C(=O)[C@]2(C)C(O)C[C@H]3OC[C@@]3(OC(C)=O)C2[C@H](OC(=O)c2ccccc2)[C@]2(O)C[C@H](OC(=O)[C@H](OC(=O)C(C)(C)c3ccccc3[N+](=O)[O-])[C@@H](NC(=O)c3ccccc3)c3ccccc3)C(C)=C1C2(C)C. The number of rotatable bonds is 14. The van der Waals surface area contributed by atoms with E-state index in [9.17, 15) is 44.3 Å². The van der Waals surface area contributed by atoms with Gasteiger partial charge in [-0.1, -0.05) is 98.8 Å². The molecule has 2 bridgehead atoms. The molecule has 4 aromatic carbocycles. The molecule has 2 unspecified atom stereocenters. The van der Waals surface area contributed by atoms with Crippen LogP contribution in [0.25, 0.3) is 0 Å². The molecule has 1 aliphatic heterocycles. The highest BCUT2D eigenvalue weighted by Crippen LogP contribution is 2.64. The van der Waals surface area contributed by atoms with Gasteiger partial charge in [0, 0.05) is 49.3 Å². The standard InChI is InChI=1S/C57H60N2O17/c1-31-39(73-51(66)45(74-52(67)53(4,5)37-26-18-19-27-38(37)59(69)70)43(34-20-12-9-13-21-34)58-49(64)35-22-14-10-15-23-35)29-57(68)48(75-50(65)36-24-16-11-17-25-36)46-55(8,40(62)28-41-56(46,30-71-41)76-33(3)61)47(63)44(72-32(2)60)42(31)54(57,6)7/h9-27,39-41,43-46,48,62,68H,28-30H2,1-8H3,(H,58,64)/t39-,40?,41+,43-,44+,45+,46?,48-,55+,56-,57+/m0/s1. The zero-order chi connectivity index (χ0) is 55.3. The average Bonchev–Trinajstić information content (AvgIpc) is 3.39. The van der Waals surface area contributed by atoms with E-state index in [4.69, 9.17) is 28.4 Å². The van der Waals surface area contributed by atoms with Crippen molar-refractivity contribution in [2.75, 3.05) is 6.61 Å². The van der Waals surface area contributed by atoms with Gasteiger partial charge in [-0.05, 0) is 68.7 Å². The number of carbonyl (C=O) groups excluding carboxylic acids is 7. The minimum atomic E-state index is -2.53. The predicted molar refractivity (Wildman–Crippen MR) is 268 cm³/mol. The molecule has 0 aromatic heterocycles. The second-order valence-electron chi connectivity index (χ2n) is 21.1. The molecule has 400 valence electrons. The molecule has 3 N–H and O–H groups in total. The normalized spacial score (nSPS) is 28.2. The Labute approximate surface area is 438 Å². The maximum absolute atomic E-state index is 15.8. The Morgan fingerprint density at radius 1 is 0.816 bits per heavy atom. The van der Waals surface area contributed by atoms with E-state index in [-0.39, 0.29) is 46.4 Å². The molecule has 1 amide bonds. The Morgan fingerprint density at radius 2 is 1.39 bits per heavy atom. The highest BCUT2D eigenvalue weighted by Gasteiger charge is 2.78. The number of amides is 1. The summed E-state index contributed by atoms with van der Waals surface area (Å²) in [4.78, 5) is 113. The fraction of sp³-hybridized carbons (Fsp3) is 0.421. The molecule has 4 aliphatic rings. The highest BCUT2D eigenvalue weighted by atomic mass is 16.6. The van der Waals surface area contributed by atoms with Crippen molar-refractivity contribution in [2.45, 2.75) is 128 Å². The van der Waals surface area contributed by atoms with E-state index in [1.54, 1.807) is 66.7 Å². The van der Waals surface area contributed by atoms with Crippen molar-refractivity contribution < 1.29 is 77.1 Å². The van der Waals surface area contributed by atoms with Crippen LogP contribution in [0.3, 0.4) is 0 Å². The van der Waals surface area contributed by atoms with Crippen LogP contribution in [0.5, 0.6) is 0 Å². The molecule has 1 saturated heterocycles. The van der Waals surface area contributed by atoms with Crippen LogP contribution >= 0.6 is 0 Å². The van der Waals surface area contributed by atoms with Gasteiger partial charge in [-0.3, -0.25) is 34.1 Å². The summed E-state index contributed by atoms with van der Waals surface area (Å²) in [6.07, 6.45) is -11.3. The van der Waals surface area contributed by atoms with E-state index in [0.717, 1.165) is 13.8 Å². The smallest absolute Gasteiger partial charge is 0.350 e. The van der Waals surface area contributed by atoms with E-state index >= 15 is 9.59 Å². The van der Waals surface area contributed by atoms with Gasteiger partial charge in [0.1, 0.15) is 30.0 Å². The second-order valence-corrected chi connectivity index (χ2v) is 21.1. The molecular weight excluding hydrogens is 985 g/mol. The van der Waals surface area contributed by atoms with Crippen LogP contribution in [0, 0.1) is 26.9 Å². The summed E-state index contributed by atoms with van der Waals surface area (Å²) in [5.41, 5.74) is -10.3. The number of benzene rings is 4. The summed E-state index contributed by atoms with van der Waals surface area (Å²) in [7, 11) is 0. The van der Waals surface area contributed by atoms with Crippen LogP contribution in [0.2, 0.25) is 0 Å². The number of esters is 5.